The molecule has 1 unspecified atom stereocenters. The Morgan fingerprint density at radius 2 is 1.69 bits per heavy atom. The normalized spacial score (nSPS) is 20.4. The largest absolute Gasteiger partial charge is 0.507 e. The molecule has 11 nitrogen and oxygen atoms in total. The van der Waals surface area contributed by atoms with Crippen molar-refractivity contribution in [1.29, 1.82) is 0 Å². The summed E-state index contributed by atoms with van der Waals surface area (Å²) >= 11 is 0. The number of amides is 1. The van der Waals surface area contributed by atoms with E-state index < -0.39 is 64.6 Å². The number of aliphatic hydroxyl groups excluding tert-OH is 1. The second-order valence-electron chi connectivity index (χ2n) is 8.49. The topological polar surface area (TPSA) is 180 Å². The van der Waals surface area contributed by atoms with Crippen molar-refractivity contribution in [2.75, 3.05) is 20.3 Å². The number of ketones is 2. The van der Waals surface area contributed by atoms with Crippen LogP contribution in [0.15, 0.2) is 24.3 Å². The third-order valence-corrected chi connectivity index (χ3v) is 6.17. The van der Waals surface area contributed by atoms with Gasteiger partial charge in [0, 0.05) is 41.6 Å². The van der Waals surface area contributed by atoms with Gasteiger partial charge in [-0.25, -0.2) is 4.79 Å². The highest BCUT2D eigenvalue weighted by molar-refractivity contribution is 6.30. The zero-order valence-electron chi connectivity index (χ0n) is 18.7. The Hall–Kier alpha value is -3.96. The highest BCUT2D eigenvalue weighted by atomic mass is 16.6. The molecule has 2 aromatic carbocycles. The first kappa shape index (κ1) is 24.2. The molecule has 4 rings (SSSR count). The van der Waals surface area contributed by atoms with Gasteiger partial charge >= 0.3 is 12.1 Å². The molecule has 2 aromatic rings. The van der Waals surface area contributed by atoms with Crippen molar-refractivity contribution in [2.24, 2.45) is 0 Å². The first-order valence-electron chi connectivity index (χ1n) is 10.7. The average molecular weight is 485 g/mol. The Balaban J connectivity index is 1.61. The van der Waals surface area contributed by atoms with E-state index in [4.69, 9.17) is 4.74 Å². The number of aromatic hydroxyl groups is 2. The van der Waals surface area contributed by atoms with Crippen LogP contribution in [-0.4, -0.2) is 69.9 Å². The van der Waals surface area contributed by atoms with Gasteiger partial charge < -0.3 is 35.2 Å². The Kier molecular flexibility index (Phi) is 6.22. The van der Waals surface area contributed by atoms with Gasteiger partial charge in [0.15, 0.2) is 11.6 Å². The maximum absolute atomic E-state index is 13.1. The van der Waals surface area contributed by atoms with E-state index in [1.807, 2.05) is 0 Å². The monoisotopic (exact) mass is 485 g/mol. The molecule has 0 saturated carbocycles. The number of aliphatic hydroxyl groups is 2. The fourth-order valence-corrected chi connectivity index (χ4v) is 4.51. The lowest BCUT2D eigenvalue weighted by Crippen LogP contribution is -2.44. The number of hydrogen-bond donors (Lipinski definition) is 5. The minimum absolute atomic E-state index is 0.0539. The van der Waals surface area contributed by atoms with Crippen LogP contribution in [-0.2, 0) is 20.7 Å². The number of esters is 1. The van der Waals surface area contributed by atoms with Gasteiger partial charge in [-0.3, -0.25) is 14.4 Å². The summed E-state index contributed by atoms with van der Waals surface area (Å²) in [7, 11) is 1.20. The molecule has 0 aromatic heterocycles. The molecular formula is C24H23NO10. The molecule has 0 aliphatic heterocycles. The summed E-state index contributed by atoms with van der Waals surface area (Å²) in [6.45, 7) is -0.658. The Morgan fingerprint density at radius 3 is 2.29 bits per heavy atom. The molecular weight excluding hydrogens is 462 g/mol. The SMILES string of the molecule is COC(=O)CCNC(=O)OCC1(O)Cc2c(O)c3c(c(O)c2[C@@H](O)C1)C(=O)c1ccccc1C3=O. The quantitative estimate of drug-likeness (QED) is 0.257. The molecule has 5 N–H and O–H groups in total. The van der Waals surface area contributed by atoms with Crippen LogP contribution in [0, 0.1) is 0 Å². The van der Waals surface area contributed by atoms with Crippen molar-refractivity contribution in [3.05, 3.63) is 57.6 Å². The molecule has 0 saturated heterocycles. The van der Waals surface area contributed by atoms with Crippen LogP contribution in [0.5, 0.6) is 11.5 Å². The third-order valence-electron chi connectivity index (χ3n) is 6.17. The van der Waals surface area contributed by atoms with Crippen molar-refractivity contribution in [3.8, 4) is 11.5 Å². The fraction of sp³-hybridized carbons (Fsp3) is 0.333. The maximum atomic E-state index is 13.1. The van der Waals surface area contributed by atoms with Crippen LogP contribution in [0.1, 0.15) is 61.9 Å². The number of phenols is 2. The summed E-state index contributed by atoms with van der Waals surface area (Å²) in [4.78, 5) is 49.1. The number of carbonyl (C=O) groups excluding carboxylic acids is 4. The van der Waals surface area contributed by atoms with E-state index in [1.54, 1.807) is 12.1 Å². The minimum atomic E-state index is -1.86. The Labute approximate surface area is 198 Å². The summed E-state index contributed by atoms with van der Waals surface area (Å²) in [6, 6.07) is 5.97. The summed E-state index contributed by atoms with van der Waals surface area (Å²) in [5, 5.41) is 45.9. The van der Waals surface area contributed by atoms with E-state index >= 15 is 0 Å². The Bertz CT molecular complexity index is 1250. The van der Waals surface area contributed by atoms with E-state index in [0.29, 0.717) is 0 Å². The molecule has 0 bridgehead atoms. The molecule has 0 radical (unpaired) electrons. The number of phenolic OH excluding ortho intramolecular Hbond substituents is 2. The first-order valence-corrected chi connectivity index (χ1v) is 10.7. The molecule has 2 aliphatic carbocycles. The van der Waals surface area contributed by atoms with Crippen LogP contribution < -0.4 is 5.32 Å². The predicted molar refractivity (Wildman–Crippen MR) is 117 cm³/mol. The van der Waals surface area contributed by atoms with Crippen molar-refractivity contribution >= 4 is 23.6 Å². The molecule has 2 aliphatic rings. The van der Waals surface area contributed by atoms with Crippen molar-refractivity contribution in [3.63, 3.8) is 0 Å². The first-order chi connectivity index (χ1) is 16.6. The molecule has 0 fully saturated rings. The molecule has 0 heterocycles. The van der Waals surface area contributed by atoms with E-state index in [9.17, 15) is 39.6 Å². The fourth-order valence-electron chi connectivity index (χ4n) is 4.51. The molecule has 184 valence electrons. The van der Waals surface area contributed by atoms with Crippen molar-refractivity contribution in [1.82, 2.24) is 5.32 Å². The zero-order chi connectivity index (χ0) is 25.5. The highest BCUT2D eigenvalue weighted by Crippen LogP contribution is 2.50. The predicted octanol–water partition coefficient (Wildman–Crippen LogP) is 0.873. The summed E-state index contributed by atoms with van der Waals surface area (Å²) in [6.07, 6.45) is -3.33. The molecule has 1 amide bonds. The van der Waals surface area contributed by atoms with Crippen LogP contribution in [0.25, 0.3) is 0 Å². The standard InChI is InChI=1S/C24H23NO10/c1-34-15(27)6-7-25-23(32)35-10-24(33)8-13-16(14(26)9-24)22(31)18-17(21(13)30)19(28)11-4-2-3-5-12(11)20(18)29/h2-5,14,26,30-31,33H,6-10H2,1H3,(H,25,32)/t14-,24?/m0/s1. The number of rotatable bonds is 5. The third kappa shape index (κ3) is 4.19. The molecule has 11 heteroatoms. The summed E-state index contributed by atoms with van der Waals surface area (Å²) in [5.74, 6) is -3.18. The number of benzene rings is 2. The lowest BCUT2D eigenvalue weighted by molar-refractivity contribution is -0.140. The maximum Gasteiger partial charge on any atom is 0.407 e. The average Bonchev–Trinajstić information content (AvgIpc) is 2.83. The van der Waals surface area contributed by atoms with Crippen molar-refractivity contribution < 1.29 is 49.1 Å². The van der Waals surface area contributed by atoms with Crippen molar-refractivity contribution in [2.45, 2.75) is 31.0 Å². The summed E-state index contributed by atoms with van der Waals surface area (Å²) < 4.78 is 9.46. The van der Waals surface area contributed by atoms with Gasteiger partial charge in [0.05, 0.1) is 30.8 Å². The summed E-state index contributed by atoms with van der Waals surface area (Å²) in [5.41, 5.74) is -2.86. The number of methoxy groups -OCH3 is 1. The van der Waals surface area contributed by atoms with Gasteiger partial charge in [-0.1, -0.05) is 24.3 Å². The molecule has 0 spiro atoms. The van der Waals surface area contributed by atoms with E-state index in [0.717, 1.165) is 0 Å². The van der Waals surface area contributed by atoms with Gasteiger partial charge in [-0.15, -0.1) is 0 Å². The van der Waals surface area contributed by atoms with Crippen LogP contribution in [0.3, 0.4) is 0 Å². The van der Waals surface area contributed by atoms with E-state index in [-0.39, 0.29) is 48.1 Å². The van der Waals surface area contributed by atoms with Crippen LogP contribution >= 0.6 is 0 Å². The molecule has 35 heavy (non-hydrogen) atoms. The number of fused-ring (bicyclic) bond motifs is 3. The molecule has 2 atom stereocenters. The number of hydrogen-bond acceptors (Lipinski definition) is 10. The lowest BCUT2D eigenvalue weighted by atomic mass is 9.73. The van der Waals surface area contributed by atoms with Crippen LogP contribution in [0.2, 0.25) is 0 Å². The number of ether oxygens (including phenoxy) is 2. The smallest absolute Gasteiger partial charge is 0.407 e. The Morgan fingerprint density at radius 1 is 1.09 bits per heavy atom. The zero-order valence-corrected chi connectivity index (χ0v) is 18.7. The number of carbonyl (C=O) groups is 4. The number of alkyl carbamates (subject to hydrolysis) is 1. The van der Waals surface area contributed by atoms with Gasteiger partial charge in [0.2, 0.25) is 0 Å². The highest BCUT2D eigenvalue weighted by Gasteiger charge is 2.45. The second kappa shape index (κ2) is 9.01. The van der Waals surface area contributed by atoms with Gasteiger partial charge in [0.25, 0.3) is 0 Å². The minimum Gasteiger partial charge on any atom is -0.507 e. The lowest BCUT2D eigenvalue weighted by Gasteiger charge is -2.37. The van der Waals surface area contributed by atoms with Gasteiger partial charge in [0.1, 0.15) is 23.7 Å². The van der Waals surface area contributed by atoms with Gasteiger partial charge in [-0.05, 0) is 0 Å². The van der Waals surface area contributed by atoms with E-state index in [2.05, 4.69) is 10.1 Å². The number of nitrogens with one attached hydrogen (secondary N) is 1. The van der Waals surface area contributed by atoms with Gasteiger partial charge in [-0.2, -0.15) is 0 Å². The van der Waals surface area contributed by atoms with E-state index in [1.165, 1.54) is 19.2 Å². The van der Waals surface area contributed by atoms with Crippen LogP contribution in [0.4, 0.5) is 4.79 Å². The second-order valence-corrected chi connectivity index (χ2v) is 8.49.